The van der Waals surface area contributed by atoms with Crippen LogP contribution in [0.2, 0.25) is 0 Å². The van der Waals surface area contributed by atoms with E-state index >= 15 is 0 Å². The highest BCUT2D eigenvalue weighted by molar-refractivity contribution is 9.10. The van der Waals surface area contributed by atoms with Crippen LogP contribution in [0, 0.1) is 0 Å². The maximum Gasteiger partial charge on any atom is 0.137 e. The van der Waals surface area contributed by atoms with Crippen LogP contribution in [0.15, 0.2) is 4.47 Å². The summed E-state index contributed by atoms with van der Waals surface area (Å²) >= 11 is 3.68. The topological polar surface area (TPSA) is 39.7 Å². The zero-order valence-corrected chi connectivity index (χ0v) is 12.2. The SMILES string of the molecule is Brc1c2c(c(C3CNCCO3)c3c1OCC3)OCC2. The molecule has 1 saturated heterocycles. The van der Waals surface area contributed by atoms with Gasteiger partial charge in [-0.25, -0.2) is 0 Å². The van der Waals surface area contributed by atoms with Gasteiger partial charge in [0.2, 0.25) is 0 Å². The van der Waals surface area contributed by atoms with Crippen molar-refractivity contribution in [3.8, 4) is 11.5 Å². The highest BCUT2D eigenvalue weighted by atomic mass is 79.9. The molecule has 1 aromatic carbocycles. The van der Waals surface area contributed by atoms with Crippen LogP contribution < -0.4 is 14.8 Å². The molecule has 3 heterocycles. The number of morpholine rings is 1. The van der Waals surface area contributed by atoms with Crippen LogP contribution in [0.5, 0.6) is 11.5 Å². The van der Waals surface area contributed by atoms with Crippen LogP contribution in [0.25, 0.3) is 0 Å². The molecule has 4 rings (SSSR count). The zero-order valence-electron chi connectivity index (χ0n) is 10.6. The lowest BCUT2D eigenvalue weighted by Gasteiger charge is -2.27. The summed E-state index contributed by atoms with van der Waals surface area (Å²) in [4.78, 5) is 0. The molecule has 1 N–H and O–H groups in total. The van der Waals surface area contributed by atoms with E-state index in [-0.39, 0.29) is 6.10 Å². The highest BCUT2D eigenvalue weighted by Crippen LogP contribution is 2.49. The second-order valence-corrected chi connectivity index (χ2v) is 5.90. The molecule has 0 radical (unpaired) electrons. The van der Waals surface area contributed by atoms with Crippen LogP contribution in [0.3, 0.4) is 0 Å². The molecule has 19 heavy (non-hydrogen) atoms. The van der Waals surface area contributed by atoms with Gasteiger partial charge in [0.25, 0.3) is 0 Å². The van der Waals surface area contributed by atoms with Gasteiger partial charge in [-0.1, -0.05) is 0 Å². The average molecular weight is 326 g/mol. The van der Waals surface area contributed by atoms with E-state index in [4.69, 9.17) is 14.2 Å². The number of rotatable bonds is 1. The van der Waals surface area contributed by atoms with Gasteiger partial charge in [0.1, 0.15) is 11.5 Å². The summed E-state index contributed by atoms with van der Waals surface area (Å²) in [5.41, 5.74) is 3.72. The lowest BCUT2D eigenvalue weighted by Crippen LogP contribution is -2.34. The van der Waals surface area contributed by atoms with Gasteiger partial charge in [0, 0.05) is 42.6 Å². The maximum absolute atomic E-state index is 5.94. The molecule has 0 bridgehead atoms. The van der Waals surface area contributed by atoms with E-state index < -0.39 is 0 Å². The van der Waals surface area contributed by atoms with Crippen molar-refractivity contribution in [1.82, 2.24) is 5.32 Å². The molecule has 0 aliphatic carbocycles. The summed E-state index contributed by atoms with van der Waals surface area (Å²) in [6, 6.07) is 0. The van der Waals surface area contributed by atoms with Crippen molar-refractivity contribution in [2.24, 2.45) is 0 Å². The van der Waals surface area contributed by atoms with Gasteiger partial charge in [0.15, 0.2) is 0 Å². The fourth-order valence-electron chi connectivity index (χ4n) is 3.18. The van der Waals surface area contributed by atoms with Crippen LogP contribution in [0.4, 0.5) is 0 Å². The number of hydrogen-bond acceptors (Lipinski definition) is 4. The van der Waals surface area contributed by atoms with Crippen molar-refractivity contribution in [2.75, 3.05) is 32.9 Å². The van der Waals surface area contributed by atoms with Crippen LogP contribution >= 0.6 is 15.9 Å². The number of ether oxygens (including phenoxy) is 3. The molecule has 1 fully saturated rings. The van der Waals surface area contributed by atoms with Crippen LogP contribution in [0.1, 0.15) is 22.8 Å². The quantitative estimate of drug-likeness (QED) is 0.857. The second-order valence-electron chi connectivity index (χ2n) is 5.10. The molecule has 1 unspecified atom stereocenters. The van der Waals surface area contributed by atoms with Crippen molar-refractivity contribution in [1.29, 1.82) is 0 Å². The first-order valence-corrected chi connectivity index (χ1v) is 7.60. The Balaban J connectivity index is 1.89. The number of halogens is 1. The van der Waals surface area contributed by atoms with E-state index in [0.29, 0.717) is 0 Å². The third kappa shape index (κ3) is 1.79. The fraction of sp³-hybridized carbons (Fsp3) is 0.571. The average Bonchev–Trinajstić information content (AvgIpc) is 3.09. The van der Waals surface area contributed by atoms with Gasteiger partial charge in [-0.15, -0.1) is 0 Å². The van der Waals surface area contributed by atoms with E-state index in [1.165, 1.54) is 16.7 Å². The Morgan fingerprint density at radius 2 is 1.79 bits per heavy atom. The summed E-state index contributed by atoms with van der Waals surface area (Å²) in [6.07, 6.45) is 1.98. The van der Waals surface area contributed by atoms with E-state index in [9.17, 15) is 0 Å². The summed E-state index contributed by atoms with van der Waals surface area (Å²) in [7, 11) is 0. The Kier molecular flexibility index (Phi) is 2.94. The van der Waals surface area contributed by atoms with E-state index in [1.54, 1.807) is 0 Å². The van der Waals surface area contributed by atoms with Gasteiger partial charge in [-0.2, -0.15) is 0 Å². The van der Waals surface area contributed by atoms with Gasteiger partial charge in [-0.3, -0.25) is 0 Å². The normalized spacial score (nSPS) is 24.6. The smallest absolute Gasteiger partial charge is 0.137 e. The Morgan fingerprint density at radius 3 is 2.58 bits per heavy atom. The summed E-state index contributed by atoms with van der Waals surface area (Å²) in [5, 5.41) is 3.40. The second kappa shape index (κ2) is 4.65. The Bertz CT molecular complexity index is 491. The summed E-state index contributed by atoms with van der Waals surface area (Å²) in [5.74, 6) is 2.04. The minimum atomic E-state index is 0.0872. The summed E-state index contributed by atoms with van der Waals surface area (Å²) < 4.78 is 18.7. The standard InChI is InChI=1S/C14H16BrNO3/c15-12-9-2-5-18-13(9)11(8-1-4-19-14(8)12)10-7-16-3-6-17-10/h10,16H,1-7H2. The van der Waals surface area contributed by atoms with Gasteiger partial charge in [-0.05, 0) is 15.9 Å². The van der Waals surface area contributed by atoms with Crippen molar-refractivity contribution in [2.45, 2.75) is 18.9 Å². The minimum Gasteiger partial charge on any atom is -0.493 e. The number of nitrogens with one attached hydrogen (secondary N) is 1. The molecular formula is C14H16BrNO3. The monoisotopic (exact) mass is 325 g/mol. The third-order valence-electron chi connectivity index (χ3n) is 4.03. The van der Waals surface area contributed by atoms with Gasteiger partial charge >= 0.3 is 0 Å². The van der Waals surface area contributed by atoms with Crippen LogP contribution in [-0.4, -0.2) is 32.9 Å². The molecule has 102 valence electrons. The molecule has 1 atom stereocenters. The predicted molar refractivity (Wildman–Crippen MR) is 74.1 cm³/mol. The number of hydrogen-bond donors (Lipinski definition) is 1. The van der Waals surface area contributed by atoms with Gasteiger partial charge < -0.3 is 19.5 Å². The molecule has 0 spiro atoms. The molecular weight excluding hydrogens is 310 g/mol. The van der Waals surface area contributed by atoms with Crippen molar-refractivity contribution in [3.05, 3.63) is 21.2 Å². The largest absolute Gasteiger partial charge is 0.493 e. The van der Waals surface area contributed by atoms with E-state index in [0.717, 1.165) is 61.7 Å². The lowest BCUT2D eigenvalue weighted by atomic mass is 9.95. The van der Waals surface area contributed by atoms with Crippen molar-refractivity contribution < 1.29 is 14.2 Å². The number of fused-ring (bicyclic) bond motifs is 2. The van der Waals surface area contributed by atoms with Crippen molar-refractivity contribution in [3.63, 3.8) is 0 Å². The zero-order chi connectivity index (χ0) is 12.8. The maximum atomic E-state index is 5.94. The first-order chi connectivity index (χ1) is 9.36. The Hall–Kier alpha value is -0.780. The Labute approximate surface area is 120 Å². The molecule has 0 aromatic heterocycles. The molecule has 3 aliphatic rings. The molecule has 0 amide bonds. The molecule has 4 nitrogen and oxygen atoms in total. The fourth-order valence-corrected chi connectivity index (χ4v) is 3.91. The predicted octanol–water partition coefficient (Wildman–Crippen LogP) is 1.98. The van der Waals surface area contributed by atoms with Crippen LogP contribution in [-0.2, 0) is 17.6 Å². The molecule has 0 saturated carbocycles. The first kappa shape index (κ1) is 12.0. The first-order valence-electron chi connectivity index (χ1n) is 6.81. The van der Waals surface area contributed by atoms with E-state index in [2.05, 4.69) is 21.2 Å². The van der Waals surface area contributed by atoms with Crippen molar-refractivity contribution >= 4 is 15.9 Å². The molecule has 1 aromatic rings. The van der Waals surface area contributed by atoms with Gasteiger partial charge in [0.05, 0.1) is 30.4 Å². The molecule has 5 heteroatoms. The summed E-state index contributed by atoms with van der Waals surface area (Å²) in [6.45, 7) is 4.04. The highest BCUT2D eigenvalue weighted by Gasteiger charge is 2.34. The Morgan fingerprint density at radius 1 is 1.00 bits per heavy atom. The number of benzene rings is 1. The third-order valence-corrected chi connectivity index (χ3v) is 4.87. The molecule has 3 aliphatic heterocycles. The minimum absolute atomic E-state index is 0.0872. The van der Waals surface area contributed by atoms with E-state index in [1.807, 2.05) is 0 Å². The lowest BCUT2D eigenvalue weighted by molar-refractivity contribution is 0.0257.